The second kappa shape index (κ2) is 6.08. The molecular weight excluding hydrogens is 292 g/mol. The first-order chi connectivity index (χ1) is 11.1. The minimum atomic E-state index is -0.362. The Bertz CT molecular complexity index is 923. The fraction of sp³-hybridized carbons (Fsp3) is 0.158. The van der Waals surface area contributed by atoms with Crippen LogP contribution in [0.4, 0.5) is 0 Å². The van der Waals surface area contributed by atoms with E-state index in [-0.39, 0.29) is 18.0 Å². The number of hydrogen-bond acceptors (Lipinski definition) is 4. The lowest BCUT2D eigenvalue weighted by Crippen LogP contribution is -2.08. The monoisotopic (exact) mass is 308 g/mol. The third kappa shape index (κ3) is 3.01. The maximum atomic E-state index is 12.3. The number of aryl methyl sites for hydroxylation is 1. The van der Waals surface area contributed by atoms with Gasteiger partial charge in [-0.15, -0.1) is 0 Å². The minimum Gasteiger partial charge on any atom is -0.486 e. The van der Waals surface area contributed by atoms with Crippen molar-refractivity contribution >= 4 is 16.8 Å². The molecule has 23 heavy (non-hydrogen) atoms. The van der Waals surface area contributed by atoms with Crippen LogP contribution < -0.4 is 10.4 Å². The van der Waals surface area contributed by atoms with Gasteiger partial charge in [0.1, 0.15) is 17.9 Å². The molecule has 1 heterocycles. The van der Waals surface area contributed by atoms with Gasteiger partial charge in [0, 0.05) is 5.39 Å². The van der Waals surface area contributed by atoms with Gasteiger partial charge in [0.2, 0.25) is 0 Å². The van der Waals surface area contributed by atoms with Gasteiger partial charge in [0.05, 0.1) is 5.56 Å². The highest BCUT2D eigenvalue weighted by molar-refractivity contribution is 5.87. The second-order valence-electron chi connectivity index (χ2n) is 5.40. The van der Waals surface area contributed by atoms with Gasteiger partial charge in [0.25, 0.3) is 0 Å². The highest BCUT2D eigenvalue weighted by atomic mass is 16.5. The van der Waals surface area contributed by atoms with Crippen LogP contribution in [0.5, 0.6) is 5.75 Å². The van der Waals surface area contributed by atoms with Crippen LogP contribution in [0.1, 0.15) is 12.5 Å². The quantitative estimate of drug-likeness (QED) is 0.689. The van der Waals surface area contributed by atoms with E-state index in [1.807, 2.05) is 37.3 Å². The molecule has 3 rings (SSSR count). The van der Waals surface area contributed by atoms with Crippen LogP contribution in [0.15, 0.2) is 57.7 Å². The van der Waals surface area contributed by atoms with Crippen molar-refractivity contribution in [1.82, 2.24) is 0 Å². The lowest BCUT2D eigenvalue weighted by Gasteiger charge is -2.10. The van der Waals surface area contributed by atoms with Crippen LogP contribution in [0.2, 0.25) is 0 Å². The summed E-state index contributed by atoms with van der Waals surface area (Å²) in [5, 5.41) is 0.796. The molecule has 0 spiro atoms. The molecule has 0 atom stereocenters. The zero-order valence-electron chi connectivity index (χ0n) is 13.0. The van der Waals surface area contributed by atoms with Crippen LogP contribution in [0.3, 0.4) is 0 Å². The van der Waals surface area contributed by atoms with Gasteiger partial charge in [0.15, 0.2) is 5.78 Å². The number of rotatable bonds is 4. The molecule has 1 aromatic heterocycles. The number of ether oxygens (including phenoxy) is 1. The summed E-state index contributed by atoms with van der Waals surface area (Å²) in [5.41, 5.74) is 2.33. The Morgan fingerprint density at radius 2 is 1.87 bits per heavy atom. The van der Waals surface area contributed by atoms with Gasteiger partial charge in [-0.3, -0.25) is 4.79 Å². The van der Waals surface area contributed by atoms with Gasteiger partial charge in [-0.2, -0.15) is 0 Å². The molecule has 0 bridgehead atoms. The number of carbonyl (C=O) groups excluding carboxylic acids is 1. The van der Waals surface area contributed by atoms with Crippen molar-refractivity contribution in [2.24, 2.45) is 0 Å². The summed E-state index contributed by atoms with van der Waals surface area (Å²) < 4.78 is 10.9. The Kier molecular flexibility index (Phi) is 3.98. The second-order valence-corrected chi connectivity index (χ2v) is 5.40. The van der Waals surface area contributed by atoms with Crippen molar-refractivity contribution in [3.05, 3.63) is 64.5 Å². The molecule has 0 aliphatic heterocycles. The molecular formula is C19H16O4. The Morgan fingerprint density at radius 1 is 1.13 bits per heavy atom. The van der Waals surface area contributed by atoms with Gasteiger partial charge in [-0.1, -0.05) is 30.3 Å². The summed E-state index contributed by atoms with van der Waals surface area (Å²) in [6.07, 6.45) is 0. The average molecular weight is 308 g/mol. The summed E-state index contributed by atoms with van der Waals surface area (Å²) in [4.78, 5) is 23.4. The first kappa shape index (κ1) is 15.0. The van der Waals surface area contributed by atoms with Gasteiger partial charge >= 0.3 is 5.63 Å². The summed E-state index contributed by atoms with van der Waals surface area (Å²) >= 11 is 0. The topological polar surface area (TPSA) is 56.5 Å². The molecule has 0 N–H and O–H groups in total. The lowest BCUT2D eigenvalue weighted by atomic mass is 9.99. The zero-order chi connectivity index (χ0) is 16.4. The van der Waals surface area contributed by atoms with Gasteiger partial charge in [-0.05, 0) is 43.2 Å². The largest absolute Gasteiger partial charge is 0.486 e. The van der Waals surface area contributed by atoms with Crippen LogP contribution in [-0.4, -0.2) is 12.4 Å². The number of fused-ring (bicyclic) bond motifs is 1. The molecule has 4 nitrogen and oxygen atoms in total. The van der Waals surface area contributed by atoms with Crippen LogP contribution >= 0.6 is 0 Å². The molecule has 4 heteroatoms. The van der Waals surface area contributed by atoms with Crippen molar-refractivity contribution in [3.8, 4) is 16.9 Å². The number of benzene rings is 2. The number of ketones is 1. The molecule has 0 amide bonds. The van der Waals surface area contributed by atoms with E-state index in [2.05, 4.69) is 0 Å². The van der Waals surface area contributed by atoms with E-state index in [0.717, 1.165) is 16.5 Å². The number of Topliss-reactive ketones (excluding diaryl/α,β-unsaturated/α-hetero) is 1. The first-order valence-corrected chi connectivity index (χ1v) is 7.31. The zero-order valence-corrected chi connectivity index (χ0v) is 13.0. The maximum Gasteiger partial charge on any atom is 0.344 e. The van der Waals surface area contributed by atoms with Crippen molar-refractivity contribution in [2.75, 3.05) is 6.61 Å². The minimum absolute atomic E-state index is 0.0207. The number of carbonyl (C=O) groups is 1. The third-order valence-electron chi connectivity index (χ3n) is 3.64. The predicted octanol–water partition coefficient (Wildman–Crippen LogP) is 3.74. The molecule has 0 aliphatic carbocycles. The third-order valence-corrected chi connectivity index (χ3v) is 3.64. The highest BCUT2D eigenvalue weighted by Gasteiger charge is 2.13. The van der Waals surface area contributed by atoms with Crippen LogP contribution in [-0.2, 0) is 4.79 Å². The fourth-order valence-electron chi connectivity index (χ4n) is 2.54. The van der Waals surface area contributed by atoms with Crippen LogP contribution in [0, 0.1) is 6.92 Å². The molecule has 3 aromatic rings. The first-order valence-electron chi connectivity index (χ1n) is 7.31. The smallest absolute Gasteiger partial charge is 0.344 e. The van der Waals surface area contributed by atoms with E-state index in [0.29, 0.717) is 16.9 Å². The normalized spacial score (nSPS) is 10.7. The lowest BCUT2D eigenvalue weighted by molar-refractivity contribution is -0.118. The van der Waals surface area contributed by atoms with E-state index >= 15 is 0 Å². The Balaban J connectivity index is 2.16. The van der Waals surface area contributed by atoms with Crippen molar-refractivity contribution in [1.29, 1.82) is 0 Å². The molecule has 2 aromatic carbocycles. The molecule has 0 radical (unpaired) electrons. The summed E-state index contributed by atoms with van der Waals surface area (Å²) in [7, 11) is 0. The fourth-order valence-corrected chi connectivity index (χ4v) is 2.54. The molecule has 0 fully saturated rings. The Morgan fingerprint density at radius 3 is 2.57 bits per heavy atom. The summed E-state index contributed by atoms with van der Waals surface area (Å²) in [6, 6.07) is 14.6. The predicted molar refractivity (Wildman–Crippen MR) is 88.8 cm³/mol. The standard InChI is InChI=1S/C19H16O4/c1-12(20)11-22-15-8-9-17-16(10-15)13(2)18(19(21)23-17)14-6-4-3-5-7-14/h3-10H,11H2,1-2H3. The Labute approximate surface area is 133 Å². The highest BCUT2D eigenvalue weighted by Crippen LogP contribution is 2.29. The average Bonchev–Trinajstić information content (AvgIpc) is 2.54. The van der Waals surface area contributed by atoms with E-state index < -0.39 is 0 Å². The van der Waals surface area contributed by atoms with Gasteiger partial charge < -0.3 is 9.15 Å². The van der Waals surface area contributed by atoms with E-state index in [1.165, 1.54) is 6.92 Å². The van der Waals surface area contributed by atoms with Crippen LogP contribution in [0.25, 0.3) is 22.1 Å². The van der Waals surface area contributed by atoms with Crippen molar-refractivity contribution in [2.45, 2.75) is 13.8 Å². The van der Waals surface area contributed by atoms with Crippen molar-refractivity contribution in [3.63, 3.8) is 0 Å². The molecule has 0 unspecified atom stereocenters. The van der Waals surface area contributed by atoms with E-state index in [1.54, 1.807) is 18.2 Å². The maximum absolute atomic E-state index is 12.3. The van der Waals surface area contributed by atoms with Gasteiger partial charge in [-0.25, -0.2) is 4.79 Å². The summed E-state index contributed by atoms with van der Waals surface area (Å²) in [6.45, 7) is 3.38. The molecule has 116 valence electrons. The Hall–Kier alpha value is -2.88. The van der Waals surface area contributed by atoms with E-state index in [9.17, 15) is 9.59 Å². The van der Waals surface area contributed by atoms with Crippen molar-refractivity contribution < 1.29 is 13.9 Å². The molecule has 0 saturated carbocycles. The van der Waals surface area contributed by atoms with E-state index in [4.69, 9.17) is 9.15 Å². The SMILES string of the molecule is CC(=O)COc1ccc2oc(=O)c(-c3ccccc3)c(C)c2c1. The molecule has 0 aliphatic rings. The summed E-state index contributed by atoms with van der Waals surface area (Å²) in [5.74, 6) is 0.523. The molecule has 0 saturated heterocycles. The number of hydrogen-bond donors (Lipinski definition) is 0.